The molecule has 5 nitrogen and oxygen atoms in total. The van der Waals surface area contributed by atoms with E-state index in [0.717, 1.165) is 0 Å². The maximum Gasteiger partial charge on any atom is 0.331 e. The van der Waals surface area contributed by atoms with Crippen molar-refractivity contribution >= 4 is 23.5 Å². The Morgan fingerprint density at radius 2 is 2.22 bits per heavy atom. The summed E-state index contributed by atoms with van der Waals surface area (Å²) in [6, 6.07) is 6.34. The average Bonchev–Trinajstić information content (AvgIpc) is 2.79. The van der Waals surface area contributed by atoms with Gasteiger partial charge in [0.2, 0.25) is 0 Å². The second-order valence-corrected chi connectivity index (χ2v) is 4.59. The number of carboxylic acid groups (broad SMARTS) is 1. The number of carbonyl (C=O) groups is 2. The lowest BCUT2D eigenvalue weighted by Crippen LogP contribution is -2.55. The van der Waals surface area contributed by atoms with E-state index < -0.39 is 17.4 Å². The van der Waals surface area contributed by atoms with Gasteiger partial charge in [0.1, 0.15) is 0 Å². The fourth-order valence-electron chi connectivity index (χ4n) is 1.80. The summed E-state index contributed by atoms with van der Waals surface area (Å²) >= 11 is 5.78. The van der Waals surface area contributed by atoms with Crippen LogP contribution in [0.5, 0.6) is 0 Å². The second-order valence-electron chi connectivity index (χ2n) is 4.15. The van der Waals surface area contributed by atoms with E-state index in [2.05, 4.69) is 5.32 Å². The Hall–Kier alpha value is -1.59. The SMILES string of the molecule is O=C(NC1(C(=O)O)CCOC1)c1cccc(Cl)c1. The largest absolute Gasteiger partial charge is 0.479 e. The third kappa shape index (κ3) is 2.47. The van der Waals surface area contributed by atoms with Crippen LogP contribution in [0.2, 0.25) is 5.02 Å². The van der Waals surface area contributed by atoms with E-state index in [-0.39, 0.29) is 13.0 Å². The van der Waals surface area contributed by atoms with E-state index in [9.17, 15) is 14.7 Å². The van der Waals surface area contributed by atoms with Gasteiger partial charge in [-0.25, -0.2) is 4.79 Å². The van der Waals surface area contributed by atoms with Crippen LogP contribution in [0.4, 0.5) is 0 Å². The number of hydrogen-bond donors (Lipinski definition) is 2. The molecule has 0 spiro atoms. The number of amides is 1. The highest BCUT2D eigenvalue weighted by Gasteiger charge is 2.44. The minimum atomic E-state index is -1.33. The number of hydrogen-bond acceptors (Lipinski definition) is 3. The first kappa shape index (κ1) is 12.9. The van der Waals surface area contributed by atoms with Crippen molar-refractivity contribution in [3.8, 4) is 0 Å². The molecule has 1 aromatic rings. The molecule has 2 N–H and O–H groups in total. The molecule has 1 fully saturated rings. The molecule has 1 unspecified atom stereocenters. The highest BCUT2D eigenvalue weighted by atomic mass is 35.5. The first-order valence-electron chi connectivity index (χ1n) is 5.43. The van der Waals surface area contributed by atoms with Gasteiger partial charge in [0.05, 0.1) is 6.61 Å². The molecule has 1 aromatic carbocycles. The van der Waals surface area contributed by atoms with E-state index >= 15 is 0 Å². The summed E-state index contributed by atoms with van der Waals surface area (Å²) in [4.78, 5) is 23.2. The van der Waals surface area contributed by atoms with Crippen molar-refractivity contribution in [3.63, 3.8) is 0 Å². The van der Waals surface area contributed by atoms with Crippen LogP contribution < -0.4 is 5.32 Å². The summed E-state index contributed by atoms with van der Waals surface area (Å²) in [5, 5.41) is 12.1. The number of carboxylic acids is 1. The van der Waals surface area contributed by atoms with Crippen LogP contribution in [0.15, 0.2) is 24.3 Å². The van der Waals surface area contributed by atoms with Gasteiger partial charge in [-0.3, -0.25) is 4.79 Å². The summed E-state index contributed by atoms with van der Waals surface area (Å²) in [5.74, 6) is -1.55. The lowest BCUT2D eigenvalue weighted by atomic mass is 9.98. The van der Waals surface area contributed by atoms with Gasteiger partial charge in [-0.2, -0.15) is 0 Å². The van der Waals surface area contributed by atoms with Crippen LogP contribution in [-0.2, 0) is 9.53 Å². The number of rotatable bonds is 3. The highest BCUT2D eigenvalue weighted by molar-refractivity contribution is 6.31. The van der Waals surface area contributed by atoms with Gasteiger partial charge in [-0.1, -0.05) is 17.7 Å². The first-order chi connectivity index (χ1) is 8.53. The number of nitrogens with one attached hydrogen (secondary N) is 1. The molecule has 0 aliphatic carbocycles. The molecule has 18 heavy (non-hydrogen) atoms. The zero-order valence-electron chi connectivity index (χ0n) is 9.48. The Labute approximate surface area is 109 Å². The number of benzene rings is 1. The van der Waals surface area contributed by atoms with Crippen molar-refractivity contribution in [1.29, 1.82) is 0 Å². The van der Waals surface area contributed by atoms with Gasteiger partial charge in [-0.05, 0) is 18.2 Å². The zero-order valence-corrected chi connectivity index (χ0v) is 10.2. The molecule has 6 heteroatoms. The Bertz CT molecular complexity index is 483. The minimum Gasteiger partial charge on any atom is -0.479 e. The van der Waals surface area contributed by atoms with Gasteiger partial charge in [0.25, 0.3) is 5.91 Å². The Morgan fingerprint density at radius 3 is 2.78 bits per heavy atom. The quantitative estimate of drug-likeness (QED) is 0.868. The van der Waals surface area contributed by atoms with Gasteiger partial charge in [0, 0.05) is 23.6 Å². The molecular weight excluding hydrogens is 258 g/mol. The van der Waals surface area contributed by atoms with Crippen molar-refractivity contribution in [1.82, 2.24) is 5.32 Å². The number of ether oxygens (including phenoxy) is 1. The number of halogens is 1. The minimum absolute atomic E-state index is 0.0192. The predicted octanol–water partition coefficient (Wildman–Crippen LogP) is 1.31. The Morgan fingerprint density at radius 1 is 1.44 bits per heavy atom. The Kier molecular flexibility index (Phi) is 3.54. The van der Waals surface area contributed by atoms with E-state index in [1.807, 2.05) is 0 Å². The Balaban J connectivity index is 2.18. The van der Waals surface area contributed by atoms with Gasteiger partial charge in [0.15, 0.2) is 5.54 Å². The fraction of sp³-hybridized carbons (Fsp3) is 0.333. The summed E-state index contributed by atoms with van der Waals surface area (Å²) in [6.07, 6.45) is 0.259. The molecule has 0 saturated carbocycles. The third-order valence-corrected chi connectivity index (χ3v) is 3.11. The molecule has 2 rings (SSSR count). The van der Waals surface area contributed by atoms with Gasteiger partial charge >= 0.3 is 5.97 Å². The molecule has 0 aromatic heterocycles. The topological polar surface area (TPSA) is 75.6 Å². The van der Waals surface area contributed by atoms with E-state index in [0.29, 0.717) is 17.2 Å². The summed E-state index contributed by atoms with van der Waals surface area (Å²) < 4.78 is 5.06. The van der Waals surface area contributed by atoms with Crippen LogP contribution in [0, 0.1) is 0 Å². The molecule has 1 heterocycles. The van der Waals surface area contributed by atoms with E-state index in [1.54, 1.807) is 18.2 Å². The van der Waals surface area contributed by atoms with Crippen molar-refractivity contribution in [2.75, 3.05) is 13.2 Å². The van der Waals surface area contributed by atoms with Crippen molar-refractivity contribution in [2.45, 2.75) is 12.0 Å². The molecule has 1 saturated heterocycles. The van der Waals surface area contributed by atoms with E-state index in [1.165, 1.54) is 6.07 Å². The first-order valence-corrected chi connectivity index (χ1v) is 5.80. The monoisotopic (exact) mass is 269 g/mol. The smallest absolute Gasteiger partial charge is 0.331 e. The fourth-order valence-corrected chi connectivity index (χ4v) is 2.00. The van der Waals surface area contributed by atoms with Crippen LogP contribution in [0.3, 0.4) is 0 Å². The molecule has 1 aliphatic heterocycles. The molecule has 1 aliphatic rings. The number of carbonyl (C=O) groups excluding carboxylic acids is 1. The lowest BCUT2D eigenvalue weighted by Gasteiger charge is -2.23. The van der Waals surface area contributed by atoms with Crippen LogP contribution >= 0.6 is 11.6 Å². The number of aliphatic carboxylic acids is 1. The third-order valence-electron chi connectivity index (χ3n) is 2.87. The maximum absolute atomic E-state index is 12.0. The predicted molar refractivity (Wildman–Crippen MR) is 64.7 cm³/mol. The van der Waals surface area contributed by atoms with Crippen LogP contribution in [-0.4, -0.2) is 35.7 Å². The second kappa shape index (κ2) is 4.96. The van der Waals surface area contributed by atoms with Crippen molar-refractivity contribution in [2.24, 2.45) is 0 Å². The molecule has 0 bridgehead atoms. The van der Waals surface area contributed by atoms with Crippen LogP contribution in [0.1, 0.15) is 16.8 Å². The summed E-state index contributed by atoms with van der Waals surface area (Å²) in [7, 11) is 0. The van der Waals surface area contributed by atoms with Gasteiger partial charge in [-0.15, -0.1) is 0 Å². The molecule has 96 valence electrons. The standard InChI is InChI=1S/C12H12ClNO4/c13-9-3-1-2-8(6-9)10(15)14-12(11(16)17)4-5-18-7-12/h1-3,6H,4-5,7H2,(H,14,15)(H,16,17). The molecule has 0 radical (unpaired) electrons. The summed E-state index contributed by atoms with van der Waals surface area (Å²) in [6.45, 7) is 0.302. The highest BCUT2D eigenvalue weighted by Crippen LogP contribution is 2.20. The van der Waals surface area contributed by atoms with Crippen LogP contribution in [0.25, 0.3) is 0 Å². The molecule has 1 atom stereocenters. The van der Waals surface area contributed by atoms with Crippen molar-refractivity contribution in [3.05, 3.63) is 34.9 Å². The zero-order chi connectivity index (χ0) is 13.2. The normalized spacial score (nSPS) is 22.7. The lowest BCUT2D eigenvalue weighted by molar-refractivity contribution is -0.144. The van der Waals surface area contributed by atoms with Crippen molar-refractivity contribution < 1.29 is 19.4 Å². The van der Waals surface area contributed by atoms with Gasteiger partial charge < -0.3 is 15.2 Å². The average molecular weight is 270 g/mol. The summed E-state index contributed by atoms with van der Waals surface area (Å²) in [5.41, 5.74) is -1.01. The molecule has 1 amide bonds. The molecular formula is C12H12ClNO4. The maximum atomic E-state index is 12.0. The van der Waals surface area contributed by atoms with E-state index in [4.69, 9.17) is 16.3 Å².